The fourth-order valence-corrected chi connectivity index (χ4v) is 2.69. The molecule has 0 unspecified atom stereocenters. The Morgan fingerprint density at radius 2 is 1.96 bits per heavy atom. The molecule has 0 bridgehead atoms. The summed E-state index contributed by atoms with van der Waals surface area (Å²) in [6.07, 6.45) is 0. The van der Waals surface area contributed by atoms with Crippen LogP contribution in [-0.2, 0) is 5.41 Å². The molecule has 2 heterocycles. The number of aromatic nitrogens is 1. The average molecular weight is 377 g/mol. The first kappa shape index (κ1) is 15.8. The van der Waals surface area contributed by atoms with Crippen LogP contribution in [0.2, 0.25) is 0 Å². The highest BCUT2D eigenvalue weighted by Crippen LogP contribution is 2.28. The molecule has 1 aromatic carbocycles. The summed E-state index contributed by atoms with van der Waals surface area (Å²) in [5.74, 6) is 0.654. The summed E-state index contributed by atoms with van der Waals surface area (Å²) in [5.41, 5.74) is 2.66. The second kappa shape index (κ2) is 5.53. The molecule has 120 valence electrons. The Bertz CT molecular complexity index is 887. The third kappa shape index (κ3) is 3.17. The zero-order chi connectivity index (χ0) is 16.8. The molecule has 0 aliphatic heterocycles. The van der Waals surface area contributed by atoms with Crippen molar-refractivity contribution in [3.63, 3.8) is 0 Å². The minimum absolute atomic E-state index is 0.167. The molecule has 0 aliphatic carbocycles. The molecule has 1 amide bonds. The Morgan fingerprint density at radius 3 is 2.57 bits per heavy atom. The first-order chi connectivity index (χ1) is 10.7. The summed E-state index contributed by atoms with van der Waals surface area (Å²) in [4.78, 5) is 16.8. The van der Waals surface area contributed by atoms with Gasteiger partial charge >= 0.3 is 0 Å². The standard InChI is InChI=1S/C17H17BrN2O3/c1-9-7-13(18)23-14(9)15(21)19-10-5-6-12-11(8-10)20-16(22-12)17(2,3)4/h5-8H,1-4H3,(H,19,21). The number of hydrogen-bond donors (Lipinski definition) is 1. The Kier molecular flexibility index (Phi) is 3.80. The van der Waals surface area contributed by atoms with Gasteiger partial charge in [-0.25, -0.2) is 4.98 Å². The number of oxazole rings is 1. The van der Waals surface area contributed by atoms with Crippen molar-refractivity contribution in [3.8, 4) is 0 Å². The molecule has 2 aromatic heterocycles. The van der Waals surface area contributed by atoms with Gasteiger partial charge in [0.25, 0.3) is 5.91 Å². The maximum Gasteiger partial charge on any atom is 0.291 e. The number of hydrogen-bond acceptors (Lipinski definition) is 4. The van der Waals surface area contributed by atoms with Crippen molar-refractivity contribution >= 4 is 38.6 Å². The molecule has 3 aromatic rings. The largest absolute Gasteiger partial charge is 0.444 e. The SMILES string of the molecule is Cc1cc(Br)oc1C(=O)Nc1ccc2oc(C(C)(C)C)nc2c1. The van der Waals surface area contributed by atoms with E-state index < -0.39 is 0 Å². The number of halogens is 1. The smallest absolute Gasteiger partial charge is 0.291 e. The zero-order valence-electron chi connectivity index (χ0n) is 13.4. The first-order valence-electron chi connectivity index (χ1n) is 7.22. The van der Waals surface area contributed by atoms with Gasteiger partial charge in [-0.15, -0.1) is 0 Å². The number of fused-ring (bicyclic) bond motifs is 1. The number of aryl methyl sites for hydroxylation is 1. The lowest BCUT2D eigenvalue weighted by Crippen LogP contribution is -2.12. The second-order valence-corrected chi connectivity index (χ2v) is 7.25. The molecule has 1 N–H and O–H groups in total. The number of carbonyl (C=O) groups is 1. The predicted molar refractivity (Wildman–Crippen MR) is 91.8 cm³/mol. The molecular formula is C17H17BrN2O3. The van der Waals surface area contributed by atoms with E-state index >= 15 is 0 Å². The Labute approximate surface area is 142 Å². The highest BCUT2D eigenvalue weighted by Gasteiger charge is 2.21. The maximum atomic E-state index is 12.3. The number of carbonyl (C=O) groups excluding carboxylic acids is 1. The van der Waals surface area contributed by atoms with Crippen molar-refractivity contribution in [1.82, 2.24) is 4.98 Å². The Hall–Kier alpha value is -2.08. The van der Waals surface area contributed by atoms with Crippen LogP contribution in [0.25, 0.3) is 11.1 Å². The quantitative estimate of drug-likeness (QED) is 0.679. The number of anilines is 1. The maximum absolute atomic E-state index is 12.3. The molecular weight excluding hydrogens is 360 g/mol. The number of amides is 1. The third-order valence-corrected chi connectivity index (χ3v) is 3.77. The van der Waals surface area contributed by atoms with E-state index in [1.54, 1.807) is 24.3 Å². The lowest BCUT2D eigenvalue weighted by Gasteiger charge is -2.11. The number of nitrogens with one attached hydrogen (secondary N) is 1. The molecule has 0 saturated heterocycles. The van der Waals surface area contributed by atoms with Crippen molar-refractivity contribution < 1.29 is 13.6 Å². The van der Waals surface area contributed by atoms with Crippen LogP contribution >= 0.6 is 15.9 Å². The van der Waals surface area contributed by atoms with E-state index in [-0.39, 0.29) is 17.1 Å². The highest BCUT2D eigenvalue weighted by molar-refractivity contribution is 9.10. The fraction of sp³-hybridized carbons (Fsp3) is 0.294. The van der Waals surface area contributed by atoms with Gasteiger partial charge in [0, 0.05) is 16.7 Å². The van der Waals surface area contributed by atoms with Gasteiger partial charge in [-0.3, -0.25) is 4.79 Å². The number of furan rings is 1. The molecule has 0 aliphatic rings. The summed E-state index contributed by atoms with van der Waals surface area (Å²) in [6, 6.07) is 7.13. The van der Waals surface area contributed by atoms with Gasteiger partial charge in [-0.1, -0.05) is 20.8 Å². The van der Waals surface area contributed by atoms with Crippen LogP contribution in [0.4, 0.5) is 5.69 Å². The van der Waals surface area contributed by atoms with Crippen LogP contribution < -0.4 is 5.32 Å². The minimum Gasteiger partial charge on any atom is -0.444 e. The van der Waals surface area contributed by atoms with Gasteiger partial charge in [-0.05, 0) is 47.1 Å². The third-order valence-electron chi connectivity index (χ3n) is 3.38. The summed E-state index contributed by atoms with van der Waals surface area (Å²) >= 11 is 3.22. The van der Waals surface area contributed by atoms with E-state index in [2.05, 4.69) is 26.2 Å². The number of nitrogens with zero attached hydrogens (tertiary/aromatic N) is 1. The van der Waals surface area contributed by atoms with Crippen LogP contribution in [0, 0.1) is 6.92 Å². The van der Waals surface area contributed by atoms with E-state index in [0.717, 1.165) is 5.56 Å². The van der Waals surface area contributed by atoms with Crippen molar-refractivity contribution in [1.29, 1.82) is 0 Å². The van der Waals surface area contributed by atoms with Crippen LogP contribution in [0.1, 0.15) is 42.8 Å². The van der Waals surface area contributed by atoms with E-state index in [1.807, 2.05) is 27.7 Å². The molecule has 23 heavy (non-hydrogen) atoms. The van der Waals surface area contributed by atoms with Gasteiger partial charge in [0.15, 0.2) is 16.0 Å². The second-order valence-electron chi connectivity index (χ2n) is 6.47. The van der Waals surface area contributed by atoms with Gasteiger partial charge < -0.3 is 14.2 Å². The van der Waals surface area contributed by atoms with Crippen LogP contribution in [0.5, 0.6) is 0 Å². The predicted octanol–water partition coefficient (Wildman–Crippen LogP) is 5.04. The first-order valence-corrected chi connectivity index (χ1v) is 8.02. The zero-order valence-corrected chi connectivity index (χ0v) is 14.9. The molecule has 0 radical (unpaired) electrons. The van der Waals surface area contributed by atoms with Crippen LogP contribution in [0.15, 0.2) is 37.8 Å². The van der Waals surface area contributed by atoms with Crippen molar-refractivity contribution in [2.75, 3.05) is 5.32 Å². The molecule has 0 spiro atoms. The topological polar surface area (TPSA) is 68.3 Å². The van der Waals surface area contributed by atoms with E-state index in [9.17, 15) is 4.79 Å². The van der Waals surface area contributed by atoms with E-state index in [1.165, 1.54) is 0 Å². The van der Waals surface area contributed by atoms with E-state index in [4.69, 9.17) is 8.83 Å². The molecule has 6 heteroatoms. The van der Waals surface area contributed by atoms with Crippen LogP contribution in [-0.4, -0.2) is 10.9 Å². The molecule has 5 nitrogen and oxygen atoms in total. The summed E-state index contributed by atoms with van der Waals surface area (Å²) in [5, 5.41) is 2.82. The lowest BCUT2D eigenvalue weighted by atomic mass is 9.97. The summed E-state index contributed by atoms with van der Waals surface area (Å²) in [7, 11) is 0. The summed E-state index contributed by atoms with van der Waals surface area (Å²) in [6.45, 7) is 7.94. The molecule has 3 rings (SSSR count). The summed E-state index contributed by atoms with van der Waals surface area (Å²) < 4.78 is 11.6. The minimum atomic E-state index is -0.299. The molecule has 0 saturated carbocycles. The normalized spacial score (nSPS) is 11.9. The van der Waals surface area contributed by atoms with Gasteiger partial charge in [-0.2, -0.15) is 0 Å². The number of benzene rings is 1. The van der Waals surface area contributed by atoms with Crippen molar-refractivity contribution in [3.05, 3.63) is 46.1 Å². The molecule has 0 fully saturated rings. The fourth-order valence-electron chi connectivity index (χ4n) is 2.18. The van der Waals surface area contributed by atoms with E-state index in [0.29, 0.717) is 27.3 Å². The van der Waals surface area contributed by atoms with Gasteiger partial charge in [0.2, 0.25) is 5.89 Å². The number of rotatable bonds is 2. The lowest BCUT2D eigenvalue weighted by molar-refractivity contribution is 0.0994. The molecule has 0 atom stereocenters. The van der Waals surface area contributed by atoms with Crippen molar-refractivity contribution in [2.24, 2.45) is 0 Å². The monoisotopic (exact) mass is 376 g/mol. The van der Waals surface area contributed by atoms with Gasteiger partial charge in [0.05, 0.1) is 0 Å². The highest BCUT2D eigenvalue weighted by atomic mass is 79.9. The van der Waals surface area contributed by atoms with Gasteiger partial charge in [0.1, 0.15) is 5.52 Å². The average Bonchev–Trinajstić information content (AvgIpc) is 3.01. The van der Waals surface area contributed by atoms with Crippen LogP contribution in [0.3, 0.4) is 0 Å². The van der Waals surface area contributed by atoms with Crippen molar-refractivity contribution in [2.45, 2.75) is 33.1 Å². The Morgan fingerprint density at radius 1 is 1.22 bits per heavy atom. The Balaban J connectivity index is 1.89.